The molecular weight excluding hydrogens is 261 g/mol. The number of benzene rings is 1. The molecule has 0 spiro atoms. The molecule has 1 fully saturated rings. The van der Waals surface area contributed by atoms with Gasteiger partial charge in [-0.25, -0.2) is 4.39 Å². The molecule has 0 radical (unpaired) electrons. The summed E-state index contributed by atoms with van der Waals surface area (Å²) in [5, 5.41) is 13.1. The van der Waals surface area contributed by atoms with Gasteiger partial charge in [-0.2, -0.15) is 0 Å². The first-order chi connectivity index (χ1) is 9.74. The maximum absolute atomic E-state index is 12.7. The van der Waals surface area contributed by atoms with E-state index in [1.807, 2.05) is 0 Å². The second-order valence-electron chi connectivity index (χ2n) is 5.13. The highest BCUT2D eigenvalue weighted by molar-refractivity contribution is 5.22. The number of hydrogen-bond acceptors (Lipinski definition) is 4. The molecule has 0 amide bonds. The summed E-state index contributed by atoms with van der Waals surface area (Å²) in [6.07, 6.45) is 1.59. The van der Waals surface area contributed by atoms with Crippen LogP contribution in [0.25, 0.3) is 0 Å². The van der Waals surface area contributed by atoms with Crippen LogP contribution < -0.4 is 10.1 Å². The number of aliphatic hydroxyl groups is 1. The Morgan fingerprint density at radius 3 is 2.70 bits per heavy atom. The summed E-state index contributed by atoms with van der Waals surface area (Å²) >= 11 is 0. The van der Waals surface area contributed by atoms with Crippen molar-refractivity contribution in [3.63, 3.8) is 0 Å². The average Bonchev–Trinajstić information content (AvgIpc) is 2.48. The lowest BCUT2D eigenvalue weighted by molar-refractivity contribution is 0.0630. The maximum Gasteiger partial charge on any atom is 0.123 e. The molecule has 2 rings (SSSR count). The lowest BCUT2D eigenvalue weighted by Gasteiger charge is -2.23. The Balaban J connectivity index is 1.57. The molecule has 112 valence electrons. The molecule has 0 aromatic heterocycles. The quantitative estimate of drug-likeness (QED) is 0.798. The van der Waals surface area contributed by atoms with Gasteiger partial charge in [-0.15, -0.1) is 0 Å². The van der Waals surface area contributed by atoms with Gasteiger partial charge in [0, 0.05) is 19.8 Å². The molecule has 1 atom stereocenters. The molecule has 5 heteroatoms. The van der Waals surface area contributed by atoms with Gasteiger partial charge < -0.3 is 19.9 Å². The molecule has 1 aromatic rings. The number of nitrogens with one attached hydrogen (secondary N) is 1. The van der Waals surface area contributed by atoms with Crippen LogP contribution in [0.2, 0.25) is 0 Å². The van der Waals surface area contributed by atoms with Crippen molar-refractivity contribution in [3.8, 4) is 5.75 Å². The zero-order valence-corrected chi connectivity index (χ0v) is 11.6. The van der Waals surface area contributed by atoms with Crippen molar-refractivity contribution in [2.24, 2.45) is 5.92 Å². The third-order valence-electron chi connectivity index (χ3n) is 3.41. The van der Waals surface area contributed by atoms with E-state index in [1.54, 1.807) is 12.1 Å². The van der Waals surface area contributed by atoms with Crippen LogP contribution in [0.3, 0.4) is 0 Å². The predicted molar refractivity (Wildman–Crippen MR) is 74.3 cm³/mol. The van der Waals surface area contributed by atoms with Crippen LogP contribution in [0.5, 0.6) is 5.75 Å². The fourth-order valence-corrected chi connectivity index (χ4v) is 2.19. The molecule has 0 saturated carbocycles. The summed E-state index contributed by atoms with van der Waals surface area (Å²) in [5.74, 6) is 0.903. The van der Waals surface area contributed by atoms with Crippen molar-refractivity contribution >= 4 is 0 Å². The second-order valence-corrected chi connectivity index (χ2v) is 5.13. The smallest absolute Gasteiger partial charge is 0.123 e. The number of hydrogen-bond donors (Lipinski definition) is 2. The van der Waals surface area contributed by atoms with Gasteiger partial charge in [-0.05, 0) is 49.6 Å². The van der Waals surface area contributed by atoms with Crippen molar-refractivity contribution < 1.29 is 19.0 Å². The summed E-state index contributed by atoms with van der Waals surface area (Å²) in [7, 11) is 0. The van der Waals surface area contributed by atoms with E-state index in [0.29, 0.717) is 18.2 Å². The Bertz CT molecular complexity index is 379. The molecule has 2 N–H and O–H groups in total. The van der Waals surface area contributed by atoms with E-state index in [1.165, 1.54) is 12.1 Å². The van der Waals surface area contributed by atoms with E-state index in [-0.39, 0.29) is 12.4 Å². The van der Waals surface area contributed by atoms with Gasteiger partial charge in [-0.3, -0.25) is 0 Å². The van der Waals surface area contributed by atoms with Crippen LogP contribution in [-0.4, -0.2) is 44.1 Å². The summed E-state index contributed by atoms with van der Waals surface area (Å²) in [6.45, 7) is 3.27. The van der Waals surface area contributed by atoms with Crippen molar-refractivity contribution in [2.75, 3.05) is 32.9 Å². The predicted octanol–water partition coefficient (Wildman–Crippen LogP) is 1.58. The van der Waals surface area contributed by atoms with E-state index in [4.69, 9.17) is 9.47 Å². The number of ether oxygens (including phenoxy) is 2. The molecule has 1 heterocycles. The molecule has 1 aliphatic rings. The second kappa shape index (κ2) is 8.19. The standard InChI is InChI=1S/C15H22FNO3/c16-13-1-3-15(4-2-13)20-11-14(18)10-17-9-12-5-7-19-8-6-12/h1-4,12,14,17-18H,5-11H2. The lowest BCUT2D eigenvalue weighted by atomic mass is 10.0. The van der Waals surface area contributed by atoms with Gasteiger partial charge in [0.2, 0.25) is 0 Å². The van der Waals surface area contributed by atoms with E-state index < -0.39 is 6.10 Å². The topological polar surface area (TPSA) is 50.7 Å². The van der Waals surface area contributed by atoms with Crippen LogP contribution in [0.4, 0.5) is 4.39 Å². The molecule has 20 heavy (non-hydrogen) atoms. The zero-order valence-electron chi connectivity index (χ0n) is 11.6. The monoisotopic (exact) mass is 283 g/mol. The highest BCUT2D eigenvalue weighted by Crippen LogP contribution is 2.13. The Morgan fingerprint density at radius 1 is 1.30 bits per heavy atom. The Hall–Kier alpha value is -1.17. The molecule has 0 bridgehead atoms. The van der Waals surface area contributed by atoms with Crippen LogP contribution in [0.1, 0.15) is 12.8 Å². The highest BCUT2D eigenvalue weighted by Gasteiger charge is 2.14. The average molecular weight is 283 g/mol. The van der Waals surface area contributed by atoms with Gasteiger partial charge in [0.15, 0.2) is 0 Å². The largest absolute Gasteiger partial charge is 0.491 e. The van der Waals surface area contributed by atoms with E-state index >= 15 is 0 Å². The summed E-state index contributed by atoms with van der Waals surface area (Å²) in [5.41, 5.74) is 0. The van der Waals surface area contributed by atoms with Crippen molar-refractivity contribution in [3.05, 3.63) is 30.1 Å². The van der Waals surface area contributed by atoms with Gasteiger partial charge in [0.1, 0.15) is 24.3 Å². The SMILES string of the molecule is OC(CNCC1CCOCC1)COc1ccc(F)cc1. The minimum absolute atomic E-state index is 0.201. The minimum Gasteiger partial charge on any atom is -0.491 e. The van der Waals surface area contributed by atoms with Gasteiger partial charge in [0.25, 0.3) is 0 Å². The molecule has 4 nitrogen and oxygen atoms in total. The van der Waals surface area contributed by atoms with Crippen molar-refractivity contribution in [1.82, 2.24) is 5.32 Å². The molecule has 1 aliphatic heterocycles. The van der Waals surface area contributed by atoms with Crippen LogP contribution in [0.15, 0.2) is 24.3 Å². The maximum atomic E-state index is 12.7. The molecule has 1 aromatic carbocycles. The minimum atomic E-state index is -0.570. The van der Waals surface area contributed by atoms with Crippen LogP contribution in [0, 0.1) is 11.7 Å². The molecule has 0 aliphatic carbocycles. The van der Waals surface area contributed by atoms with Gasteiger partial charge in [0.05, 0.1) is 0 Å². The van der Waals surface area contributed by atoms with Gasteiger partial charge in [-0.1, -0.05) is 0 Å². The fraction of sp³-hybridized carbons (Fsp3) is 0.600. The van der Waals surface area contributed by atoms with Crippen LogP contribution >= 0.6 is 0 Å². The fourth-order valence-electron chi connectivity index (χ4n) is 2.19. The Morgan fingerprint density at radius 2 is 2.00 bits per heavy atom. The molecule has 1 unspecified atom stereocenters. The van der Waals surface area contributed by atoms with Crippen LogP contribution in [-0.2, 0) is 4.74 Å². The number of aliphatic hydroxyl groups excluding tert-OH is 1. The Kier molecular flexibility index (Phi) is 6.24. The normalized spacial score (nSPS) is 17.9. The highest BCUT2D eigenvalue weighted by atomic mass is 19.1. The summed E-state index contributed by atoms with van der Waals surface area (Å²) in [6, 6.07) is 5.78. The van der Waals surface area contributed by atoms with E-state index in [9.17, 15) is 9.50 Å². The van der Waals surface area contributed by atoms with E-state index in [0.717, 1.165) is 32.6 Å². The first-order valence-electron chi connectivity index (χ1n) is 7.09. The first kappa shape index (κ1) is 15.2. The zero-order chi connectivity index (χ0) is 14.2. The lowest BCUT2D eigenvalue weighted by Crippen LogP contribution is -2.35. The first-order valence-corrected chi connectivity index (χ1v) is 7.09. The number of halogens is 1. The van der Waals surface area contributed by atoms with Gasteiger partial charge >= 0.3 is 0 Å². The summed E-state index contributed by atoms with van der Waals surface area (Å²) < 4.78 is 23.4. The number of rotatable bonds is 7. The van der Waals surface area contributed by atoms with Crippen molar-refractivity contribution in [2.45, 2.75) is 18.9 Å². The third-order valence-corrected chi connectivity index (χ3v) is 3.41. The molecular formula is C15H22FNO3. The summed E-state index contributed by atoms with van der Waals surface area (Å²) in [4.78, 5) is 0. The molecule has 1 saturated heterocycles. The van der Waals surface area contributed by atoms with Crippen molar-refractivity contribution in [1.29, 1.82) is 0 Å². The Labute approximate surface area is 118 Å². The third kappa shape index (κ3) is 5.45. The van der Waals surface area contributed by atoms with E-state index in [2.05, 4.69) is 5.32 Å².